The molecule has 4 aliphatic carbocycles. The van der Waals surface area contributed by atoms with Crippen LogP contribution in [0.5, 0.6) is 5.75 Å². The molecule has 2 aromatic heterocycles. The number of amides is 2. The second-order valence-corrected chi connectivity index (χ2v) is 18.3. The van der Waals surface area contributed by atoms with Gasteiger partial charge in [-0.2, -0.15) is 4.98 Å². The fourth-order valence-electron chi connectivity index (χ4n) is 11.2. The Morgan fingerprint density at radius 2 is 1.57 bits per heavy atom. The van der Waals surface area contributed by atoms with Crippen molar-refractivity contribution in [3.05, 3.63) is 70.6 Å². The number of benzene rings is 2. The summed E-state index contributed by atoms with van der Waals surface area (Å²) >= 11 is 0. The normalized spacial score (nSPS) is 22.2. The lowest BCUT2D eigenvalue weighted by atomic mass is 9.49. The van der Waals surface area contributed by atoms with Crippen molar-refractivity contribution in [1.29, 1.82) is 0 Å². The van der Waals surface area contributed by atoms with E-state index in [-0.39, 0.29) is 11.5 Å². The van der Waals surface area contributed by atoms with Gasteiger partial charge < -0.3 is 25.6 Å². The van der Waals surface area contributed by atoms with E-state index in [0.29, 0.717) is 46.5 Å². The molecule has 4 aromatic rings. The number of hydrogen-bond acceptors (Lipinski definition) is 9. The molecule has 12 heteroatoms. The molecule has 0 radical (unpaired) electrons. The molecule has 60 heavy (non-hydrogen) atoms. The molecule has 0 unspecified atom stereocenters. The van der Waals surface area contributed by atoms with E-state index in [2.05, 4.69) is 42.9 Å². The number of carbonyl (C=O) groups excluding carboxylic acids is 2. The van der Waals surface area contributed by atoms with Crippen LogP contribution in [0.3, 0.4) is 0 Å². The third-order valence-corrected chi connectivity index (χ3v) is 13.8. The van der Waals surface area contributed by atoms with Gasteiger partial charge in [0.05, 0.1) is 18.5 Å². The first-order valence-electron chi connectivity index (χ1n) is 22.7. The fraction of sp³-hybridized carbons (Fsp3) is 0.562. The Hall–Kier alpha value is -4.97. The number of nitrogens with zero attached hydrogens (tertiary/aromatic N) is 5. The summed E-state index contributed by atoms with van der Waals surface area (Å²) in [5.41, 5.74) is 4.39. The van der Waals surface area contributed by atoms with E-state index in [0.717, 1.165) is 92.2 Å². The highest BCUT2D eigenvalue weighted by molar-refractivity contribution is 5.91. The summed E-state index contributed by atoms with van der Waals surface area (Å²) in [6.45, 7) is 9.63. The van der Waals surface area contributed by atoms with Crippen molar-refractivity contribution in [3.8, 4) is 11.4 Å². The fourth-order valence-corrected chi connectivity index (χ4v) is 11.2. The minimum absolute atomic E-state index is 0.103. The third-order valence-electron chi connectivity index (χ3n) is 13.8. The quantitative estimate of drug-likeness (QED) is 0.0848. The zero-order valence-electron chi connectivity index (χ0n) is 35.9. The van der Waals surface area contributed by atoms with Crippen LogP contribution >= 0.6 is 0 Å². The summed E-state index contributed by atoms with van der Waals surface area (Å²) in [7, 11) is 1.66. The topological polar surface area (TPSA) is 134 Å². The first-order chi connectivity index (χ1) is 29.2. The number of aromatic nitrogens is 3. The number of anilines is 4. The van der Waals surface area contributed by atoms with Crippen LogP contribution in [0.1, 0.15) is 102 Å². The van der Waals surface area contributed by atoms with E-state index in [1.165, 1.54) is 70.6 Å². The molecule has 5 fully saturated rings. The maximum Gasteiger partial charge on any atom is 0.257 e. The minimum atomic E-state index is -0.225. The number of piperazine rings is 1. The van der Waals surface area contributed by atoms with Gasteiger partial charge in [0.1, 0.15) is 5.75 Å². The van der Waals surface area contributed by atoms with Gasteiger partial charge in [0.25, 0.3) is 5.56 Å². The maximum atomic E-state index is 13.4. The smallest absolute Gasteiger partial charge is 0.257 e. The predicted octanol–water partition coefficient (Wildman–Crippen LogP) is 8.38. The average molecular weight is 817 g/mol. The number of methoxy groups -OCH3 is 1. The van der Waals surface area contributed by atoms with Crippen molar-refractivity contribution in [2.24, 2.45) is 23.2 Å². The number of nitrogens with one attached hydrogen (secondary N) is 3. The Morgan fingerprint density at radius 3 is 2.28 bits per heavy atom. The molecule has 4 bridgehead atoms. The number of pyridine rings is 1. The van der Waals surface area contributed by atoms with Crippen molar-refractivity contribution in [2.45, 2.75) is 104 Å². The first kappa shape index (κ1) is 41.8. The second-order valence-electron chi connectivity index (χ2n) is 18.3. The molecule has 5 aliphatic rings. The molecule has 320 valence electrons. The van der Waals surface area contributed by atoms with Crippen molar-refractivity contribution >= 4 is 45.9 Å². The first-order valence-corrected chi connectivity index (χ1v) is 22.7. The molecule has 1 saturated heterocycles. The van der Waals surface area contributed by atoms with E-state index in [1.807, 2.05) is 25.1 Å². The van der Waals surface area contributed by atoms with Gasteiger partial charge in [0.15, 0.2) is 5.65 Å². The average Bonchev–Trinajstić information content (AvgIpc) is 3.23. The lowest BCUT2D eigenvalue weighted by Gasteiger charge is -2.56. The number of carbonyl (C=O) groups is 2. The third kappa shape index (κ3) is 9.80. The van der Waals surface area contributed by atoms with Crippen LogP contribution in [0.4, 0.5) is 23.0 Å². The predicted molar refractivity (Wildman–Crippen MR) is 240 cm³/mol. The van der Waals surface area contributed by atoms with E-state index in [4.69, 9.17) is 9.72 Å². The molecule has 2 aromatic carbocycles. The molecular formula is C48H64N8O4. The van der Waals surface area contributed by atoms with Crippen LogP contribution in [0.25, 0.3) is 16.7 Å². The summed E-state index contributed by atoms with van der Waals surface area (Å²) in [5, 5.41) is 10.2. The van der Waals surface area contributed by atoms with Gasteiger partial charge in [0.2, 0.25) is 17.8 Å². The van der Waals surface area contributed by atoms with E-state index in [1.54, 1.807) is 43.0 Å². The molecule has 2 amide bonds. The van der Waals surface area contributed by atoms with Crippen LogP contribution in [0, 0.1) is 30.1 Å². The van der Waals surface area contributed by atoms with Crippen LogP contribution < -0.4 is 31.1 Å². The summed E-state index contributed by atoms with van der Waals surface area (Å²) < 4.78 is 7.39. The summed E-state index contributed by atoms with van der Waals surface area (Å²) in [6.07, 6.45) is 18.4. The number of unbranched alkanes of at least 4 members (excludes halogenated alkanes) is 5. The van der Waals surface area contributed by atoms with Crippen LogP contribution in [-0.2, 0) is 9.59 Å². The lowest BCUT2D eigenvalue weighted by molar-refractivity contribution is -0.129. The molecular weight excluding hydrogens is 753 g/mol. The van der Waals surface area contributed by atoms with Gasteiger partial charge in [-0.3, -0.25) is 23.9 Å². The van der Waals surface area contributed by atoms with Crippen molar-refractivity contribution in [2.75, 3.05) is 61.9 Å². The molecule has 9 rings (SSSR count). The molecule has 4 saturated carbocycles. The molecule has 0 atom stereocenters. The second kappa shape index (κ2) is 18.7. The van der Waals surface area contributed by atoms with Gasteiger partial charge >= 0.3 is 0 Å². The Bertz CT molecular complexity index is 2180. The zero-order chi connectivity index (χ0) is 41.6. The highest BCUT2D eigenvalue weighted by atomic mass is 16.5. The van der Waals surface area contributed by atoms with E-state index < -0.39 is 0 Å². The van der Waals surface area contributed by atoms with Gasteiger partial charge in [-0.25, -0.2) is 4.98 Å². The van der Waals surface area contributed by atoms with Crippen LogP contribution in [0.2, 0.25) is 0 Å². The monoisotopic (exact) mass is 817 g/mol. The molecule has 1 aliphatic heterocycles. The highest BCUT2D eigenvalue weighted by Gasteiger charge is 2.51. The van der Waals surface area contributed by atoms with Gasteiger partial charge in [-0.05, 0) is 124 Å². The summed E-state index contributed by atoms with van der Waals surface area (Å²) in [4.78, 5) is 52.7. The number of hydrogen-bond donors (Lipinski definition) is 3. The van der Waals surface area contributed by atoms with Gasteiger partial charge in [-0.15, -0.1) is 0 Å². The Labute approximate surface area is 354 Å². The van der Waals surface area contributed by atoms with E-state index in [9.17, 15) is 14.4 Å². The standard InChI is InChI=1S/C48H64N8O4/c1-4-43(57)51-37-12-11-13-39(26-37)56-45(59)22-33(2)40-32-50-47(53-46(40)56)52-41-15-14-38(27-42(41)60-3)55-20-18-54(19-21-55)17-10-8-6-5-7-9-16-49-44(58)31-48-28-34-23-35(29-48)25-36(24-34)30-48/h11-15,22,26-27,32,34-36H,4-10,16-21,23-25,28-31H2,1-3H3,(H,49,58)(H,51,57)(H,50,52,53). The van der Waals surface area contributed by atoms with Crippen LogP contribution in [-0.4, -0.2) is 77.6 Å². The number of fused-ring (bicyclic) bond motifs is 1. The van der Waals surface area contributed by atoms with Crippen molar-refractivity contribution in [3.63, 3.8) is 0 Å². The Kier molecular flexibility index (Phi) is 13.0. The minimum Gasteiger partial charge on any atom is -0.494 e. The Balaban J connectivity index is 0.769. The maximum absolute atomic E-state index is 13.4. The summed E-state index contributed by atoms with van der Waals surface area (Å²) in [6, 6.07) is 14.9. The SMILES string of the molecule is CCC(=O)Nc1cccc(-n2c(=O)cc(C)c3cnc(Nc4ccc(N5CCN(CCCCCCCCNC(=O)CC67CC8CC(CC(C8)C6)C7)CC5)cc4OC)nc32)c1. The number of rotatable bonds is 18. The Morgan fingerprint density at radius 1 is 0.850 bits per heavy atom. The van der Waals surface area contributed by atoms with Crippen molar-refractivity contribution in [1.82, 2.24) is 24.8 Å². The zero-order valence-corrected chi connectivity index (χ0v) is 35.9. The largest absolute Gasteiger partial charge is 0.494 e. The summed E-state index contributed by atoms with van der Waals surface area (Å²) in [5.74, 6) is 3.94. The van der Waals surface area contributed by atoms with Crippen molar-refractivity contribution < 1.29 is 14.3 Å². The molecule has 12 nitrogen and oxygen atoms in total. The van der Waals surface area contributed by atoms with Crippen LogP contribution in [0.15, 0.2) is 59.5 Å². The van der Waals surface area contributed by atoms with Gasteiger partial charge in [0, 0.05) is 80.7 Å². The van der Waals surface area contributed by atoms with E-state index >= 15 is 0 Å². The molecule has 0 spiro atoms. The lowest BCUT2D eigenvalue weighted by Crippen LogP contribution is -2.48. The van der Waals surface area contributed by atoms with Gasteiger partial charge in [-0.1, -0.05) is 38.7 Å². The number of ether oxygens (including phenoxy) is 1. The molecule has 3 N–H and O–H groups in total. The highest BCUT2D eigenvalue weighted by Crippen LogP contribution is 2.61. The molecule has 3 heterocycles. The number of aryl methyl sites for hydroxylation is 1.